The van der Waals surface area contributed by atoms with E-state index >= 15 is 0 Å². The molecule has 1 aromatic carbocycles. The second kappa shape index (κ2) is 7.62. The van der Waals surface area contributed by atoms with Crippen molar-refractivity contribution in [2.75, 3.05) is 5.32 Å². The maximum absolute atomic E-state index is 12.6. The first-order valence-electron chi connectivity index (χ1n) is 9.09. The van der Waals surface area contributed by atoms with Gasteiger partial charge in [0, 0.05) is 10.6 Å². The number of fused-ring (bicyclic) bond motifs is 1. The number of carbonyl (C=O) groups is 2. The molecule has 0 fully saturated rings. The first-order chi connectivity index (χ1) is 12.4. The predicted molar refractivity (Wildman–Crippen MR) is 105 cm³/mol. The molecule has 3 rings (SSSR count). The zero-order chi connectivity index (χ0) is 18.8. The van der Waals surface area contributed by atoms with E-state index < -0.39 is 12.1 Å². The Balaban J connectivity index is 1.67. The number of para-hydroxylation sites is 1. The normalized spacial score (nSPS) is 14.2. The van der Waals surface area contributed by atoms with Gasteiger partial charge in [0.25, 0.3) is 5.91 Å². The van der Waals surface area contributed by atoms with E-state index in [-0.39, 0.29) is 11.8 Å². The van der Waals surface area contributed by atoms with Crippen molar-refractivity contribution in [1.82, 2.24) is 0 Å². The Labute approximate surface area is 158 Å². The molecule has 1 amide bonds. The van der Waals surface area contributed by atoms with Crippen LogP contribution in [0.4, 0.5) is 5.69 Å². The van der Waals surface area contributed by atoms with Crippen molar-refractivity contribution in [3.8, 4) is 0 Å². The third kappa shape index (κ3) is 3.83. The summed E-state index contributed by atoms with van der Waals surface area (Å²) in [6, 6.07) is 7.88. The zero-order valence-electron chi connectivity index (χ0n) is 15.7. The summed E-state index contributed by atoms with van der Waals surface area (Å²) in [6.45, 7) is 7.75. The lowest BCUT2D eigenvalue weighted by atomic mass is 9.98. The molecule has 1 atom stereocenters. The summed E-state index contributed by atoms with van der Waals surface area (Å²) in [5.74, 6) is -0.434. The van der Waals surface area contributed by atoms with Crippen LogP contribution in [0, 0.1) is 6.92 Å². The number of aryl methyl sites for hydroxylation is 3. The smallest absolute Gasteiger partial charge is 0.349 e. The van der Waals surface area contributed by atoms with Crippen LogP contribution in [0.15, 0.2) is 24.3 Å². The Morgan fingerprint density at radius 2 is 1.96 bits per heavy atom. The van der Waals surface area contributed by atoms with Crippen LogP contribution in [-0.4, -0.2) is 18.0 Å². The highest BCUT2D eigenvalue weighted by molar-refractivity contribution is 7.14. The minimum Gasteiger partial charge on any atom is -0.448 e. The van der Waals surface area contributed by atoms with Crippen LogP contribution in [0.25, 0.3) is 0 Å². The molecule has 1 aliphatic rings. The summed E-state index contributed by atoms with van der Waals surface area (Å²) >= 11 is 1.49. The van der Waals surface area contributed by atoms with Gasteiger partial charge < -0.3 is 10.1 Å². The fraction of sp³-hybridized carbons (Fsp3) is 0.429. The Kier molecular flexibility index (Phi) is 5.47. The van der Waals surface area contributed by atoms with Gasteiger partial charge in [0.05, 0.1) is 0 Å². The molecule has 0 spiro atoms. The SMILES string of the molecule is Cc1cccc(C(C)C)c1NC(=O)[C@@H](C)OC(=O)c1cc2c(s1)CCC2. The molecule has 2 aromatic rings. The molecule has 1 aromatic heterocycles. The summed E-state index contributed by atoms with van der Waals surface area (Å²) in [5.41, 5.74) is 4.13. The third-order valence-corrected chi connectivity index (χ3v) is 5.99. The molecule has 0 aliphatic heterocycles. The molecule has 0 saturated carbocycles. The Morgan fingerprint density at radius 3 is 2.65 bits per heavy atom. The molecule has 5 heteroatoms. The van der Waals surface area contributed by atoms with E-state index in [0.29, 0.717) is 4.88 Å². The number of esters is 1. The molecular weight excluding hydrogens is 346 g/mol. The van der Waals surface area contributed by atoms with E-state index in [4.69, 9.17) is 4.74 Å². The Hall–Kier alpha value is -2.14. The summed E-state index contributed by atoms with van der Waals surface area (Å²) in [5, 5.41) is 2.94. The van der Waals surface area contributed by atoms with Crippen LogP contribution in [0.5, 0.6) is 0 Å². The second-order valence-corrected chi connectivity index (χ2v) is 8.28. The minimum absolute atomic E-state index is 0.288. The van der Waals surface area contributed by atoms with E-state index in [1.54, 1.807) is 6.92 Å². The maximum Gasteiger partial charge on any atom is 0.349 e. The Bertz CT molecular complexity index is 816. The summed E-state index contributed by atoms with van der Waals surface area (Å²) in [7, 11) is 0. The average molecular weight is 372 g/mol. The largest absolute Gasteiger partial charge is 0.448 e. The summed E-state index contributed by atoms with van der Waals surface area (Å²) in [4.78, 5) is 26.8. The maximum atomic E-state index is 12.6. The Morgan fingerprint density at radius 1 is 1.19 bits per heavy atom. The number of amides is 1. The standard InChI is InChI=1S/C21H25NO3S/c1-12(2)16-9-5-7-13(3)19(16)22-20(23)14(4)25-21(24)18-11-15-8-6-10-17(15)26-18/h5,7,9,11-12,14H,6,8,10H2,1-4H3,(H,22,23)/t14-/m1/s1. The van der Waals surface area contributed by atoms with Gasteiger partial charge in [-0.05, 0) is 61.8 Å². The highest BCUT2D eigenvalue weighted by Gasteiger charge is 2.24. The van der Waals surface area contributed by atoms with Crippen molar-refractivity contribution in [2.45, 2.75) is 59.0 Å². The molecule has 1 heterocycles. The van der Waals surface area contributed by atoms with Gasteiger partial charge in [0.2, 0.25) is 0 Å². The van der Waals surface area contributed by atoms with Crippen LogP contribution in [-0.2, 0) is 22.4 Å². The molecule has 138 valence electrons. The number of benzene rings is 1. The lowest BCUT2D eigenvalue weighted by Gasteiger charge is -2.18. The number of nitrogens with one attached hydrogen (secondary N) is 1. The lowest BCUT2D eigenvalue weighted by Crippen LogP contribution is -2.30. The first kappa shape index (κ1) is 18.6. The number of hydrogen-bond donors (Lipinski definition) is 1. The van der Waals surface area contributed by atoms with Crippen molar-refractivity contribution in [2.24, 2.45) is 0 Å². The van der Waals surface area contributed by atoms with Gasteiger partial charge in [-0.15, -0.1) is 11.3 Å². The van der Waals surface area contributed by atoms with Gasteiger partial charge in [0.15, 0.2) is 6.10 Å². The fourth-order valence-electron chi connectivity index (χ4n) is 3.27. The van der Waals surface area contributed by atoms with Crippen LogP contribution >= 0.6 is 11.3 Å². The van der Waals surface area contributed by atoms with Crippen LogP contribution in [0.1, 0.15) is 64.3 Å². The molecule has 4 nitrogen and oxygen atoms in total. The predicted octanol–water partition coefficient (Wildman–Crippen LogP) is 4.85. The van der Waals surface area contributed by atoms with Gasteiger partial charge in [-0.1, -0.05) is 32.0 Å². The van der Waals surface area contributed by atoms with E-state index in [9.17, 15) is 9.59 Å². The second-order valence-electron chi connectivity index (χ2n) is 7.14. The van der Waals surface area contributed by atoms with E-state index in [1.807, 2.05) is 31.2 Å². The average Bonchev–Trinajstić information content (AvgIpc) is 3.17. The van der Waals surface area contributed by atoms with Crippen molar-refractivity contribution in [1.29, 1.82) is 0 Å². The van der Waals surface area contributed by atoms with Crippen molar-refractivity contribution in [3.05, 3.63) is 50.7 Å². The van der Waals surface area contributed by atoms with Gasteiger partial charge in [-0.3, -0.25) is 4.79 Å². The van der Waals surface area contributed by atoms with Crippen LogP contribution < -0.4 is 5.32 Å². The molecule has 0 unspecified atom stereocenters. The van der Waals surface area contributed by atoms with Crippen molar-refractivity contribution >= 4 is 28.9 Å². The molecule has 1 aliphatic carbocycles. The zero-order valence-corrected chi connectivity index (χ0v) is 16.5. The number of hydrogen-bond acceptors (Lipinski definition) is 4. The molecular formula is C21H25NO3S. The monoisotopic (exact) mass is 371 g/mol. The van der Waals surface area contributed by atoms with Crippen LogP contribution in [0.2, 0.25) is 0 Å². The minimum atomic E-state index is -0.848. The molecule has 26 heavy (non-hydrogen) atoms. The number of rotatable bonds is 5. The number of anilines is 1. The van der Waals surface area contributed by atoms with Gasteiger partial charge in [-0.25, -0.2) is 4.79 Å². The highest BCUT2D eigenvalue weighted by Crippen LogP contribution is 2.31. The molecule has 0 radical (unpaired) electrons. The molecule has 0 bridgehead atoms. The topological polar surface area (TPSA) is 55.4 Å². The van der Waals surface area contributed by atoms with Crippen molar-refractivity contribution < 1.29 is 14.3 Å². The number of thiophene rings is 1. The van der Waals surface area contributed by atoms with Gasteiger partial charge >= 0.3 is 5.97 Å². The van der Waals surface area contributed by atoms with Gasteiger partial charge in [-0.2, -0.15) is 0 Å². The number of carbonyl (C=O) groups excluding carboxylic acids is 2. The quantitative estimate of drug-likeness (QED) is 0.764. The highest BCUT2D eigenvalue weighted by atomic mass is 32.1. The summed E-state index contributed by atoms with van der Waals surface area (Å²) < 4.78 is 5.41. The number of ether oxygens (including phenoxy) is 1. The van der Waals surface area contributed by atoms with Crippen molar-refractivity contribution in [3.63, 3.8) is 0 Å². The fourth-order valence-corrected chi connectivity index (χ4v) is 4.41. The molecule has 1 N–H and O–H groups in total. The molecule has 0 saturated heterocycles. The first-order valence-corrected chi connectivity index (χ1v) is 9.91. The summed E-state index contributed by atoms with van der Waals surface area (Å²) in [6.07, 6.45) is 2.37. The van der Waals surface area contributed by atoms with Gasteiger partial charge in [0.1, 0.15) is 4.88 Å². The van der Waals surface area contributed by atoms with E-state index in [1.165, 1.54) is 21.8 Å². The lowest BCUT2D eigenvalue weighted by molar-refractivity contribution is -0.123. The van der Waals surface area contributed by atoms with E-state index in [2.05, 4.69) is 19.2 Å². The third-order valence-electron chi connectivity index (χ3n) is 4.78. The van der Waals surface area contributed by atoms with Crippen LogP contribution in [0.3, 0.4) is 0 Å². The van der Waals surface area contributed by atoms with E-state index in [0.717, 1.165) is 36.1 Å².